The molecule has 0 atom stereocenters. The summed E-state index contributed by atoms with van der Waals surface area (Å²) < 4.78 is 0. The standard InChI is InChI=1S/C32H40N6O10/c1-35(2)24-6-3-21(4-7-24)13-22-14-27(39)34-26-15-23(5-8-25(22)26)33-28(40)16-37(18-30(43)44)11-9-36(17-29(41)42)10-12-38(19-31(45)46)20-32(47)48/h3-8,14-15H,9-13,16-20H2,1-2H3,(H,33,40)(H,34,39)(H,41,42)(H,43,44)(H,45,46)(H,47,48). The molecule has 0 aliphatic carbocycles. The van der Waals surface area contributed by atoms with Crippen LogP contribution in [-0.2, 0) is 30.4 Å². The van der Waals surface area contributed by atoms with Gasteiger partial charge in [0.1, 0.15) is 0 Å². The summed E-state index contributed by atoms with van der Waals surface area (Å²) in [7, 11) is 3.90. The van der Waals surface area contributed by atoms with Crippen molar-refractivity contribution in [2.45, 2.75) is 6.42 Å². The van der Waals surface area contributed by atoms with Crippen molar-refractivity contribution in [2.75, 3.05) is 83.2 Å². The van der Waals surface area contributed by atoms with Gasteiger partial charge in [-0.1, -0.05) is 18.2 Å². The lowest BCUT2D eigenvalue weighted by atomic mass is 10.0. The van der Waals surface area contributed by atoms with Crippen LogP contribution in [0.25, 0.3) is 10.9 Å². The maximum Gasteiger partial charge on any atom is 0.317 e. The fourth-order valence-electron chi connectivity index (χ4n) is 5.12. The zero-order chi connectivity index (χ0) is 35.4. The van der Waals surface area contributed by atoms with Crippen molar-refractivity contribution in [2.24, 2.45) is 0 Å². The predicted molar refractivity (Wildman–Crippen MR) is 177 cm³/mol. The SMILES string of the molecule is CN(C)c1ccc(Cc2cc(=O)[nH]c3cc(NC(=O)CN(CCN(CCN(CC(=O)O)CC(=O)O)CC(=O)O)CC(=O)O)ccc23)cc1. The van der Waals surface area contributed by atoms with Crippen molar-refractivity contribution in [1.82, 2.24) is 19.7 Å². The molecule has 0 aliphatic rings. The molecule has 48 heavy (non-hydrogen) atoms. The highest BCUT2D eigenvalue weighted by atomic mass is 16.4. The zero-order valence-electron chi connectivity index (χ0n) is 26.7. The highest BCUT2D eigenvalue weighted by Gasteiger charge is 2.20. The van der Waals surface area contributed by atoms with Gasteiger partial charge in [-0.25, -0.2) is 0 Å². The van der Waals surface area contributed by atoms with Crippen molar-refractivity contribution in [3.8, 4) is 0 Å². The number of benzene rings is 2. The number of fused-ring (bicyclic) bond motifs is 1. The number of nitrogens with zero attached hydrogens (tertiary/aromatic N) is 4. The van der Waals surface area contributed by atoms with Gasteiger partial charge in [-0.05, 0) is 41.8 Å². The van der Waals surface area contributed by atoms with Gasteiger partial charge in [-0.2, -0.15) is 0 Å². The average Bonchev–Trinajstić information content (AvgIpc) is 2.97. The van der Waals surface area contributed by atoms with Gasteiger partial charge < -0.3 is 35.6 Å². The van der Waals surface area contributed by atoms with E-state index >= 15 is 0 Å². The van der Waals surface area contributed by atoms with Crippen LogP contribution in [-0.4, -0.2) is 143 Å². The Hall–Kier alpha value is -5.32. The molecule has 16 heteroatoms. The Labute approximate surface area is 275 Å². The predicted octanol–water partition coefficient (Wildman–Crippen LogP) is 0.368. The number of carboxylic acids is 4. The number of hydrogen-bond acceptors (Lipinski definition) is 10. The molecule has 0 fully saturated rings. The van der Waals surface area contributed by atoms with E-state index in [1.165, 1.54) is 15.9 Å². The van der Waals surface area contributed by atoms with E-state index in [1.807, 2.05) is 43.3 Å². The second-order valence-electron chi connectivity index (χ2n) is 11.5. The molecule has 6 N–H and O–H groups in total. The van der Waals surface area contributed by atoms with Crippen molar-refractivity contribution >= 4 is 52.1 Å². The molecule has 0 saturated heterocycles. The van der Waals surface area contributed by atoms with Crippen LogP contribution in [0.15, 0.2) is 53.3 Å². The monoisotopic (exact) mass is 668 g/mol. The van der Waals surface area contributed by atoms with Crippen LogP contribution in [0.4, 0.5) is 11.4 Å². The first-order valence-electron chi connectivity index (χ1n) is 14.9. The number of carbonyl (C=O) groups excluding carboxylic acids is 1. The van der Waals surface area contributed by atoms with Crippen molar-refractivity contribution in [1.29, 1.82) is 0 Å². The molecule has 0 unspecified atom stereocenters. The van der Waals surface area contributed by atoms with Gasteiger partial charge in [0.15, 0.2) is 0 Å². The summed E-state index contributed by atoms with van der Waals surface area (Å²) in [6, 6.07) is 14.6. The summed E-state index contributed by atoms with van der Waals surface area (Å²) in [6.07, 6.45) is 0.514. The number of rotatable bonds is 20. The summed E-state index contributed by atoms with van der Waals surface area (Å²) in [4.78, 5) is 79.3. The lowest BCUT2D eigenvalue weighted by Gasteiger charge is -2.27. The van der Waals surface area contributed by atoms with E-state index in [0.717, 1.165) is 27.1 Å². The Balaban J connectivity index is 1.68. The summed E-state index contributed by atoms with van der Waals surface area (Å²) in [6.45, 7) is -2.59. The third-order valence-corrected chi connectivity index (χ3v) is 7.33. The maximum atomic E-state index is 13.0. The molecule has 2 aromatic carbocycles. The first-order valence-corrected chi connectivity index (χ1v) is 14.9. The Morgan fingerprint density at radius 1 is 0.667 bits per heavy atom. The first kappa shape index (κ1) is 37.1. The molecule has 0 radical (unpaired) electrons. The van der Waals surface area contributed by atoms with E-state index in [4.69, 9.17) is 10.2 Å². The molecule has 3 rings (SSSR count). The van der Waals surface area contributed by atoms with Gasteiger partial charge in [0, 0.05) is 63.1 Å². The largest absolute Gasteiger partial charge is 0.480 e. The lowest BCUT2D eigenvalue weighted by molar-refractivity contribution is -0.143. The van der Waals surface area contributed by atoms with E-state index in [2.05, 4.69) is 10.3 Å². The van der Waals surface area contributed by atoms with E-state index in [-0.39, 0.29) is 38.3 Å². The number of pyridine rings is 1. The number of nitrogens with one attached hydrogen (secondary N) is 2. The molecule has 1 heterocycles. The minimum Gasteiger partial charge on any atom is -0.480 e. The molecule has 0 saturated carbocycles. The zero-order valence-corrected chi connectivity index (χ0v) is 26.7. The third-order valence-electron chi connectivity index (χ3n) is 7.33. The van der Waals surface area contributed by atoms with Crippen molar-refractivity contribution < 1.29 is 44.4 Å². The number of carboxylic acid groups (broad SMARTS) is 4. The number of carbonyl (C=O) groups is 5. The number of aliphatic carboxylic acids is 4. The maximum absolute atomic E-state index is 13.0. The van der Waals surface area contributed by atoms with Crippen LogP contribution in [0.5, 0.6) is 0 Å². The fraction of sp³-hybridized carbons (Fsp3) is 0.375. The number of anilines is 2. The molecule has 0 aliphatic heterocycles. The summed E-state index contributed by atoms with van der Waals surface area (Å²) in [5.74, 6) is -5.45. The van der Waals surface area contributed by atoms with Crippen LogP contribution >= 0.6 is 0 Å². The second-order valence-corrected chi connectivity index (χ2v) is 11.5. The van der Waals surface area contributed by atoms with E-state index in [1.54, 1.807) is 18.2 Å². The third kappa shape index (κ3) is 12.5. The second kappa shape index (κ2) is 17.6. The minimum absolute atomic E-state index is 0.00129. The van der Waals surface area contributed by atoms with Crippen LogP contribution in [0, 0.1) is 0 Å². The van der Waals surface area contributed by atoms with E-state index in [9.17, 15) is 39.0 Å². The molecule has 258 valence electrons. The van der Waals surface area contributed by atoms with Gasteiger partial charge in [0.05, 0.1) is 38.2 Å². The first-order chi connectivity index (χ1) is 22.7. The quantitative estimate of drug-likeness (QED) is 0.0957. The number of aromatic nitrogens is 1. The Bertz CT molecular complexity index is 1660. The van der Waals surface area contributed by atoms with E-state index in [0.29, 0.717) is 17.6 Å². The summed E-state index contributed by atoms with van der Waals surface area (Å²) in [5.41, 5.74) is 3.44. The van der Waals surface area contributed by atoms with Crippen LogP contribution in [0.3, 0.4) is 0 Å². The number of hydrogen-bond donors (Lipinski definition) is 6. The van der Waals surface area contributed by atoms with Crippen molar-refractivity contribution in [3.05, 3.63) is 70.0 Å². The van der Waals surface area contributed by atoms with Crippen molar-refractivity contribution in [3.63, 3.8) is 0 Å². The molecule has 0 spiro atoms. The van der Waals surface area contributed by atoms with Gasteiger partial charge >= 0.3 is 23.9 Å². The molecule has 1 aromatic heterocycles. The van der Waals surface area contributed by atoms with Crippen LogP contribution in [0.2, 0.25) is 0 Å². The topological polar surface area (TPSA) is 224 Å². The Morgan fingerprint density at radius 2 is 1.17 bits per heavy atom. The summed E-state index contributed by atoms with van der Waals surface area (Å²) in [5, 5.41) is 40.4. The van der Waals surface area contributed by atoms with E-state index < -0.39 is 56.0 Å². The Morgan fingerprint density at radius 3 is 1.69 bits per heavy atom. The molecule has 0 bridgehead atoms. The molecule has 16 nitrogen and oxygen atoms in total. The normalized spacial score (nSPS) is 11.3. The number of aromatic amines is 1. The fourth-order valence-corrected chi connectivity index (χ4v) is 5.12. The minimum atomic E-state index is -1.25. The number of amides is 1. The number of H-pyrrole nitrogens is 1. The molecule has 1 amide bonds. The average molecular weight is 669 g/mol. The van der Waals surface area contributed by atoms with Gasteiger partial charge in [0.2, 0.25) is 11.5 Å². The molecular formula is C32H40N6O10. The molecule has 3 aromatic rings. The van der Waals surface area contributed by atoms with Gasteiger partial charge in [-0.3, -0.25) is 43.5 Å². The molecular weight excluding hydrogens is 628 g/mol. The van der Waals surface area contributed by atoms with Crippen LogP contribution < -0.4 is 15.8 Å². The van der Waals surface area contributed by atoms with Gasteiger partial charge in [-0.15, -0.1) is 0 Å². The van der Waals surface area contributed by atoms with Crippen LogP contribution in [0.1, 0.15) is 11.1 Å². The highest BCUT2D eigenvalue weighted by molar-refractivity contribution is 5.95. The smallest absolute Gasteiger partial charge is 0.317 e. The van der Waals surface area contributed by atoms with Gasteiger partial charge in [0.25, 0.3) is 0 Å². The summed E-state index contributed by atoms with van der Waals surface area (Å²) >= 11 is 0. The Kier molecular flexibility index (Phi) is 13.6. The highest BCUT2D eigenvalue weighted by Crippen LogP contribution is 2.23. The lowest BCUT2D eigenvalue weighted by Crippen LogP contribution is -2.46.